The van der Waals surface area contributed by atoms with E-state index in [0.717, 1.165) is 11.3 Å². The fraction of sp³-hybridized carbons (Fsp3) is 0.235. The molecule has 0 spiro atoms. The maximum absolute atomic E-state index is 12.6. The highest BCUT2D eigenvalue weighted by atomic mass is 16.5. The highest BCUT2D eigenvalue weighted by Crippen LogP contribution is 2.24. The van der Waals surface area contributed by atoms with Crippen molar-refractivity contribution in [2.45, 2.75) is 12.6 Å². The zero-order valence-corrected chi connectivity index (χ0v) is 14.7. The summed E-state index contributed by atoms with van der Waals surface area (Å²) in [6.45, 7) is 1.53. The van der Waals surface area contributed by atoms with E-state index < -0.39 is 0 Å². The molecule has 1 saturated heterocycles. The van der Waals surface area contributed by atoms with Crippen LogP contribution in [0.5, 0.6) is 0 Å². The predicted molar refractivity (Wildman–Crippen MR) is 93.8 cm³/mol. The van der Waals surface area contributed by atoms with Crippen molar-refractivity contribution < 1.29 is 9.32 Å². The van der Waals surface area contributed by atoms with Crippen LogP contribution >= 0.6 is 0 Å². The number of carbonyl (C=O) groups excluding carboxylic acids is 1. The topological polar surface area (TPSA) is 121 Å². The normalized spacial score (nSPS) is 14.2. The second-order valence-corrected chi connectivity index (χ2v) is 6.43. The van der Waals surface area contributed by atoms with Crippen molar-refractivity contribution in [3.05, 3.63) is 60.6 Å². The van der Waals surface area contributed by atoms with Crippen LogP contribution < -0.4 is 0 Å². The summed E-state index contributed by atoms with van der Waals surface area (Å²) in [6.07, 6.45) is 8.42. The van der Waals surface area contributed by atoms with Crippen molar-refractivity contribution in [3.8, 4) is 11.3 Å². The molecule has 28 heavy (non-hydrogen) atoms. The fourth-order valence-corrected chi connectivity index (χ4v) is 3.01. The largest absolute Gasteiger partial charge is 0.355 e. The molecular weight excluding hydrogens is 362 g/mol. The lowest BCUT2D eigenvalue weighted by Gasteiger charge is -2.38. The SMILES string of the molecule is O=C(c1cc(-c2cccnc2)on1)N1CC(n2cc(Cn3nccn3)nn2)C1. The van der Waals surface area contributed by atoms with E-state index in [1.807, 2.05) is 12.3 Å². The first-order valence-corrected chi connectivity index (χ1v) is 8.67. The lowest BCUT2D eigenvalue weighted by molar-refractivity contribution is 0.0488. The fourth-order valence-electron chi connectivity index (χ4n) is 3.01. The summed E-state index contributed by atoms with van der Waals surface area (Å²) in [5.41, 5.74) is 1.82. The smallest absolute Gasteiger partial charge is 0.276 e. The number of carbonyl (C=O) groups is 1. The Bertz CT molecular complexity index is 1080. The van der Waals surface area contributed by atoms with E-state index in [9.17, 15) is 4.79 Å². The van der Waals surface area contributed by atoms with Gasteiger partial charge in [-0.1, -0.05) is 10.4 Å². The molecule has 5 rings (SSSR count). The average molecular weight is 377 g/mol. The van der Waals surface area contributed by atoms with E-state index in [4.69, 9.17) is 4.52 Å². The highest BCUT2D eigenvalue weighted by molar-refractivity contribution is 5.93. The maximum Gasteiger partial charge on any atom is 0.276 e. The molecule has 1 aliphatic heterocycles. The van der Waals surface area contributed by atoms with Gasteiger partial charge in [-0.25, -0.2) is 4.68 Å². The van der Waals surface area contributed by atoms with Crippen LogP contribution in [0.25, 0.3) is 11.3 Å². The lowest BCUT2D eigenvalue weighted by Crippen LogP contribution is -2.51. The van der Waals surface area contributed by atoms with Gasteiger partial charge in [0.15, 0.2) is 11.5 Å². The zero-order valence-electron chi connectivity index (χ0n) is 14.7. The van der Waals surface area contributed by atoms with Crippen LogP contribution in [-0.4, -0.2) is 64.0 Å². The second kappa shape index (κ2) is 6.68. The van der Waals surface area contributed by atoms with E-state index in [2.05, 4.69) is 30.7 Å². The van der Waals surface area contributed by atoms with Crippen molar-refractivity contribution in [1.82, 2.24) is 45.0 Å². The molecule has 11 heteroatoms. The first-order chi connectivity index (χ1) is 13.8. The minimum absolute atomic E-state index is 0.0838. The summed E-state index contributed by atoms with van der Waals surface area (Å²) in [5.74, 6) is 0.345. The molecule has 11 nitrogen and oxygen atoms in total. The van der Waals surface area contributed by atoms with Gasteiger partial charge >= 0.3 is 0 Å². The molecule has 0 aromatic carbocycles. The molecule has 5 heterocycles. The minimum Gasteiger partial charge on any atom is -0.355 e. The molecule has 0 atom stereocenters. The molecule has 140 valence electrons. The van der Waals surface area contributed by atoms with Crippen LogP contribution in [0.4, 0.5) is 0 Å². The molecule has 4 aromatic rings. The van der Waals surface area contributed by atoms with Gasteiger partial charge in [0.25, 0.3) is 5.91 Å². The average Bonchev–Trinajstić information content (AvgIpc) is 3.44. The number of nitrogens with zero attached hydrogens (tertiary/aromatic N) is 9. The van der Waals surface area contributed by atoms with Crippen LogP contribution in [-0.2, 0) is 6.54 Å². The van der Waals surface area contributed by atoms with Crippen molar-refractivity contribution >= 4 is 5.91 Å². The third kappa shape index (κ3) is 3.02. The van der Waals surface area contributed by atoms with E-state index in [-0.39, 0.29) is 17.6 Å². The monoisotopic (exact) mass is 377 g/mol. The maximum atomic E-state index is 12.6. The number of rotatable bonds is 5. The Labute approximate surface area is 158 Å². The second-order valence-electron chi connectivity index (χ2n) is 6.43. The van der Waals surface area contributed by atoms with Crippen molar-refractivity contribution in [3.63, 3.8) is 0 Å². The van der Waals surface area contributed by atoms with E-state index in [1.165, 1.54) is 4.80 Å². The quantitative estimate of drug-likeness (QED) is 0.497. The zero-order chi connectivity index (χ0) is 18.9. The third-order valence-electron chi connectivity index (χ3n) is 4.53. The van der Waals surface area contributed by atoms with E-state index in [1.54, 1.807) is 46.5 Å². The third-order valence-corrected chi connectivity index (χ3v) is 4.53. The van der Waals surface area contributed by atoms with E-state index in [0.29, 0.717) is 25.4 Å². The van der Waals surface area contributed by atoms with Gasteiger partial charge in [0.2, 0.25) is 0 Å². The van der Waals surface area contributed by atoms with Gasteiger partial charge in [-0.2, -0.15) is 15.0 Å². The van der Waals surface area contributed by atoms with Gasteiger partial charge < -0.3 is 9.42 Å². The Kier molecular flexibility index (Phi) is 3.89. The standard InChI is InChI=1S/C17H15N9O2/c27-17(15-6-16(28-22-15)12-2-1-3-18-7-12)24-10-14(11-24)25-8-13(21-23-25)9-26-19-4-5-20-26/h1-8,14H,9-11H2. The molecule has 0 bridgehead atoms. The lowest BCUT2D eigenvalue weighted by atomic mass is 10.1. The Morgan fingerprint density at radius 1 is 1.21 bits per heavy atom. The summed E-state index contributed by atoms with van der Waals surface area (Å²) in [6, 6.07) is 5.37. The molecule has 4 aromatic heterocycles. The van der Waals surface area contributed by atoms with Crippen molar-refractivity contribution in [1.29, 1.82) is 0 Å². The summed E-state index contributed by atoms with van der Waals surface area (Å²) in [5, 5.41) is 20.3. The van der Waals surface area contributed by atoms with Gasteiger partial charge in [0, 0.05) is 37.1 Å². The van der Waals surface area contributed by atoms with Gasteiger partial charge in [-0.3, -0.25) is 9.78 Å². The Morgan fingerprint density at radius 2 is 2.07 bits per heavy atom. The summed E-state index contributed by atoms with van der Waals surface area (Å²) < 4.78 is 7.05. The van der Waals surface area contributed by atoms with Crippen molar-refractivity contribution in [2.24, 2.45) is 0 Å². The van der Waals surface area contributed by atoms with Gasteiger partial charge in [0.05, 0.1) is 24.6 Å². The van der Waals surface area contributed by atoms with E-state index >= 15 is 0 Å². The predicted octanol–water partition coefficient (Wildman–Crippen LogP) is 0.665. The van der Waals surface area contributed by atoms with Gasteiger partial charge in [-0.05, 0) is 12.1 Å². The number of hydrogen-bond donors (Lipinski definition) is 0. The summed E-state index contributed by atoms with van der Waals surface area (Å²) >= 11 is 0. The first kappa shape index (κ1) is 16.3. The highest BCUT2D eigenvalue weighted by Gasteiger charge is 2.34. The molecule has 0 aliphatic carbocycles. The van der Waals surface area contributed by atoms with Crippen LogP contribution in [0, 0.1) is 0 Å². The van der Waals surface area contributed by atoms with Crippen LogP contribution in [0.2, 0.25) is 0 Å². The number of likely N-dealkylation sites (tertiary alicyclic amines) is 1. The van der Waals surface area contributed by atoms with Crippen molar-refractivity contribution in [2.75, 3.05) is 13.1 Å². The van der Waals surface area contributed by atoms with Gasteiger partial charge in [-0.15, -0.1) is 5.10 Å². The molecule has 0 unspecified atom stereocenters. The number of pyridine rings is 1. The molecule has 1 fully saturated rings. The van der Waals surface area contributed by atoms with Crippen LogP contribution in [0.1, 0.15) is 22.2 Å². The Morgan fingerprint density at radius 3 is 2.86 bits per heavy atom. The Balaban J connectivity index is 1.21. The molecule has 0 radical (unpaired) electrons. The number of aromatic nitrogens is 8. The Hall–Kier alpha value is -3.89. The van der Waals surface area contributed by atoms with Gasteiger partial charge in [0.1, 0.15) is 12.2 Å². The molecule has 1 aliphatic rings. The summed E-state index contributed by atoms with van der Waals surface area (Å²) in [4.78, 5) is 19.9. The number of hydrogen-bond acceptors (Lipinski definition) is 8. The molecule has 1 amide bonds. The molecular formula is C17H15N9O2. The minimum atomic E-state index is -0.170. The molecule has 0 saturated carbocycles. The van der Waals surface area contributed by atoms with Crippen LogP contribution in [0.15, 0.2) is 53.7 Å². The number of amides is 1. The first-order valence-electron chi connectivity index (χ1n) is 8.67. The summed E-state index contributed by atoms with van der Waals surface area (Å²) in [7, 11) is 0. The molecule has 0 N–H and O–H groups in total. The van der Waals surface area contributed by atoms with Crippen LogP contribution in [0.3, 0.4) is 0 Å².